The van der Waals surface area contributed by atoms with Crippen molar-refractivity contribution >= 4 is 11.9 Å². The minimum absolute atomic E-state index is 0.0279. The van der Waals surface area contributed by atoms with Gasteiger partial charge < -0.3 is 14.8 Å². The molecule has 1 atom stereocenters. The average Bonchev–Trinajstić information content (AvgIpc) is 3.25. The molecule has 1 N–H and O–H groups in total. The van der Waals surface area contributed by atoms with Crippen LogP contribution < -0.4 is 5.32 Å². The number of unbranched alkanes of at least 4 members (excludes halogenated alkanes) is 5. The number of hydrogen-bond acceptors (Lipinski definition) is 4. The highest BCUT2D eigenvalue weighted by Gasteiger charge is 2.32. The van der Waals surface area contributed by atoms with Crippen molar-refractivity contribution in [1.82, 2.24) is 5.32 Å². The minimum atomic E-state index is -0.567. The van der Waals surface area contributed by atoms with Gasteiger partial charge in [0.05, 0.1) is 17.7 Å². The first-order chi connectivity index (χ1) is 18.7. The first kappa shape index (κ1) is 30.9. The highest BCUT2D eigenvalue weighted by molar-refractivity contribution is 5.79. The third-order valence-corrected chi connectivity index (χ3v) is 8.12. The van der Waals surface area contributed by atoms with E-state index >= 15 is 0 Å². The highest BCUT2D eigenvalue weighted by atomic mass is 16.5. The normalized spacial score (nSPS) is 14.4. The first-order valence-electron chi connectivity index (χ1n) is 15.0. The Morgan fingerprint density at radius 2 is 1.41 bits per heavy atom. The van der Waals surface area contributed by atoms with Crippen LogP contribution in [-0.2, 0) is 14.3 Å². The molecule has 0 aliphatic heterocycles. The molecular formula is C34H49NO4. The molecule has 2 aromatic rings. The summed E-state index contributed by atoms with van der Waals surface area (Å²) in [5, 5.41) is 3.05. The molecule has 0 saturated carbocycles. The number of carbonyl (C=O) groups is 2. The van der Waals surface area contributed by atoms with Crippen LogP contribution in [0.4, 0.5) is 4.79 Å². The Bertz CT molecular complexity index is 1030. The number of Topliss-reactive ketones (excluding diaryl/α,β-unsaturated/α-hetero) is 1. The van der Waals surface area contributed by atoms with Crippen molar-refractivity contribution in [2.45, 2.75) is 116 Å². The number of carbonyl (C=O) groups excluding carboxylic acids is 2. The Labute approximate surface area is 236 Å². The summed E-state index contributed by atoms with van der Waals surface area (Å²) in [6, 6.07) is 16.7. The van der Waals surface area contributed by atoms with E-state index in [-0.39, 0.29) is 12.5 Å². The second-order valence-corrected chi connectivity index (χ2v) is 12.0. The Hall–Kier alpha value is -2.66. The molecule has 5 nitrogen and oxygen atoms in total. The number of nitrogens with one attached hydrogen (secondary N) is 1. The van der Waals surface area contributed by atoms with E-state index in [4.69, 9.17) is 9.47 Å². The van der Waals surface area contributed by atoms with E-state index in [9.17, 15) is 9.59 Å². The SMILES string of the molecule is CCCCCCCCC(=O)CCC(C)(C)OC[C@@](C)(CC)NC(=O)OCC1c2ccccc2-c2ccccc21. The third kappa shape index (κ3) is 9.20. The van der Waals surface area contributed by atoms with Gasteiger partial charge in [0.1, 0.15) is 12.4 Å². The minimum Gasteiger partial charge on any atom is -0.449 e. The molecular weight excluding hydrogens is 486 g/mol. The molecule has 3 rings (SSSR count). The van der Waals surface area contributed by atoms with Crippen LogP contribution in [0.5, 0.6) is 0 Å². The van der Waals surface area contributed by atoms with Gasteiger partial charge >= 0.3 is 6.09 Å². The highest BCUT2D eigenvalue weighted by Crippen LogP contribution is 2.44. The maximum absolute atomic E-state index is 12.9. The molecule has 0 fully saturated rings. The lowest BCUT2D eigenvalue weighted by atomic mass is 9.96. The van der Waals surface area contributed by atoms with Gasteiger partial charge in [0.2, 0.25) is 0 Å². The lowest BCUT2D eigenvalue weighted by Gasteiger charge is -2.34. The summed E-state index contributed by atoms with van der Waals surface area (Å²) in [5.74, 6) is 0.345. The van der Waals surface area contributed by atoms with Crippen LogP contribution in [0, 0.1) is 0 Å². The monoisotopic (exact) mass is 535 g/mol. The standard InChI is InChI=1S/C34H49NO4/c1-6-8-9-10-11-12-17-26(36)22-23-33(3,4)39-25-34(5,7-2)35-32(37)38-24-31-29-20-15-13-18-27(29)28-19-14-16-21-30(28)31/h13-16,18-21,31H,6-12,17,22-25H2,1-5H3,(H,35,37)/t34-/m1/s1. The zero-order chi connectivity index (χ0) is 28.3. The molecule has 0 saturated heterocycles. The largest absolute Gasteiger partial charge is 0.449 e. The Morgan fingerprint density at radius 1 is 0.821 bits per heavy atom. The van der Waals surface area contributed by atoms with E-state index in [2.05, 4.69) is 36.5 Å². The maximum atomic E-state index is 12.9. The van der Waals surface area contributed by atoms with Crippen LogP contribution in [0.15, 0.2) is 48.5 Å². The second-order valence-electron chi connectivity index (χ2n) is 12.0. The van der Waals surface area contributed by atoms with E-state index in [1.54, 1.807) is 0 Å². The zero-order valence-electron chi connectivity index (χ0n) is 24.8. The molecule has 0 spiro atoms. The molecule has 1 aliphatic rings. The predicted molar refractivity (Wildman–Crippen MR) is 159 cm³/mol. The first-order valence-corrected chi connectivity index (χ1v) is 15.0. The number of rotatable bonds is 17. The summed E-state index contributed by atoms with van der Waals surface area (Å²) in [6.45, 7) is 10.9. The average molecular weight is 536 g/mol. The maximum Gasteiger partial charge on any atom is 0.407 e. The number of amides is 1. The van der Waals surface area contributed by atoms with Crippen LogP contribution in [0.2, 0.25) is 0 Å². The second kappa shape index (κ2) is 14.6. The van der Waals surface area contributed by atoms with E-state index < -0.39 is 17.2 Å². The van der Waals surface area contributed by atoms with Crippen molar-refractivity contribution in [3.05, 3.63) is 59.7 Å². The Kier molecular flexibility index (Phi) is 11.6. The lowest BCUT2D eigenvalue weighted by molar-refractivity contribution is -0.121. The smallest absolute Gasteiger partial charge is 0.407 e. The molecule has 1 amide bonds. The topological polar surface area (TPSA) is 64.6 Å². The molecule has 214 valence electrons. The zero-order valence-corrected chi connectivity index (χ0v) is 24.8. The van der Waals surface area contributed by atoms with Gasteiger partial charge in [0.15, 0.2) is 0 Å². The van der Waals surface area contributed by atoms with Gasteiger partial charge in [-0.25, -0.2) is 4.79 Å². The number of benzene rings is 2. The molecule has 0 aromatic heterocycles. The van der Waals surface area contributed by atoms with Crippen LogP contribution in [0.1, 0.15) is 116 Å². The van der Waals surface area contributed by atoms with Gasteiger partial charge in [0, 0.05) is 18.8 Å². The summed E-state index contributed by atoms with van der Waals surface area (Å²) in [6.07, 6.45) is 9.28. The number of ether oxygens (including phenoxy) is 2. The number of ketones is 1. The molecule has 1 aliphatic carbocycles. The van der Waals surface area contributed by atoms with Gasteiger partial charge in [0.25, 0.3) is 0 Å². The van der Waals surface area contributed by atoms with Crippen molar-refractivity contribution in [1.29, 1.82) is 0 Å². The fourth-order valence-corrected chi connectivity index (χ4v) is 5.20. The summed E-state index contributed by atoms with van der Waals surface area (Å²) >= 11 is 0. The van der Waals surface area contributed by atoms with Gasteiger partial charge in [-0.3, -0.25) is 4.79 Å². The van der Waals surface area contributed by atoms with Crippen LogP contribution in [0.3, 0.4) is 0 Å². The lowest BCUT2D eigenvalue weighted by Crippen LogP contribution is -2.51. The van der Waals surface area contributed by atoms with Crippen molar-refractivity contribution in [3.8, 4) is 11.1 Å². The van der Waals surface area contributed by atoms with Gasteiger partial charge in [-0.1, -0.05) is 94.5 Å². The van der Waals surface area contributed by atoms with E-state index in [1.165, 1.54) is 47.9 Å². The molecule has 2 aromatic carbocycles. The molecule has 5 heteroatoms. The van der Waals surface area contributed by atoms with E-state index in [1.807, 2.05) is 52.0 Å². The van der Waals surface area contributed by atoms with Gasteiger partial charge in [-0.2, -0.15) is 0 Å². The van der Waals surface area contributed by atoms with Crippen LogP contribution >= 0.6 is 0 Å². The van der Waals surface area contributed by atoms with Crippen molar-refractivity contribution in [2.75, 3.05) is 13.2 Å². The fraction of sp³-hybridized carbons (Fsp3) is 0.588. The summed E-state index contributed by atoms with van der Waals surface area (Å²) in [7, 11) is 0. The van der Waals surface area contributed by atoms with Gasteiger partial charge in [-0.05, 0) is 62.3 Å². The Balaban J connectivity index is 1.44. The van der Waals surface area contributed by atoms with E-state index in [0.29, 0.717) is 38.1 Å². The van der Waals surface area contributed by atoms with Crippen LogP contribution in [0.25, 0.3) is 11.1 Å². The Morgan fingerprint density at radius 3 is 2.03 bits per heavy atom. The summed E-state index contributed by atoms with van der Waals surface area (Å²) in [5.41, 5.74) is 3.79. The van der Waals surface area contributed by atoms with Gasteiger partial charge in [-0.15, -0.1) is 0 Å². The van der Waals surface area contributed by atoms with Crippen molar-refractivity contribution in [2.24, 2.45) is 0 Å². The molecule has 0 heterocycles. The van der Waals surface area contributed by atoms with Crippen molar-refractivity contribution < 1.29 is 19.1 Å². The number of fused-ring (bicyclic) bond motifs is 3. The van der Waals surface area contributed by atoms with Crippen LogP contribution in [-0.4, -0.2) is 36.2 Å². The molecule has 39 heavy (non-hydrogen) atoms. The predicted octanol–water partition coefficient (Wildman–Crippen LogP) is 8.59. The fourth-order valence-electron chi connectivity index (χ4n) is 5.20. The van der Waals surface area contributed by atoms with E-state index in [0.717, 1.165) is 12.8 Å². The van der Waals surface area contributed by atoms with Crippen molar-refractivity contribution in [3.63, 3.8) is 0 Å². The summed E-state index contributed by atoms with van der Waals surface area (Å²) in [4.78, 5) is 25.3. The quantitative estimate of drug-likeness (QED) is 0.206. The molecule has 0 radical (unpaired) electrons. The molecule has 0 bridgehead atoms. The number of hydrogen-bond donors (Lipinski definition) is 1. The summed E-state index contributed by atoms with van der Waals surface area (Å²) < 4.78 is 12.0. The number of alkyl carbamates (subject to hydrolysis) is 1. The molecule has 0 unspecified atom stereocenters. The third-order valence-electron chi connectivity index (χ3n) is 8.12.